The van der Waals surface area contributed by atoms with Crippen molar-refractivity contribution < 1.29 is 4.79 Å². The number of amides is 1. The van der Waals surface area contributed by atoms with Crippen molar-refractivity contribution in [3.8, 4) is 0 Å². The normalized spacial score (nSPS) is 10.3. The van der Waals surface area contributed by atoms with Crippen LogP contribution < -0.4 is 16.6 Å². The van der Waals surface area contributed by atoms with E-state index < -0.39 is 17.2 Å². The van der Waals surface area contributed by atoms with Gasteiger partial charge in [0.15, 0.2) is 0 Å². The van der Waals surface area contributed by atoms with Gasteiger partial charge in [0.1, 0.15) is 11.4 Å². The van der Waals surface area contributed by atoms with Crippen LogP contribution in [0.15, 0.2) is 22.0 Å². The van der Waals surface area contributed by atoms with Gasteiger partial charge in [-0.2, -0.15) is 5.10 Å². The second-order valence-electron chi connectivity index (χ2n) is 3.56. The molecule has 0 spiro atoms. The molecule has 0 saturated carbocycles. The zero-order valence-electron chi connectivity index (χ0n) is 9.53. The molecule has 2 heterocycles. The van der Waals surface area contributed by atoms with E-state index in [1.807, 2.05) is 11.9 Å². The molecule has 0 aliphatic carbocycles. The van der Waals surface area contributed by atoms with Crippen molar-refractivity contribution in [2.24, 2.45) is 0 Å². The number of hydrogen-bond donors (Lipinski definition) is 4. The molecule has 0 aliphatic rings. The van der Waals surface area contributed by atoms with E-state index in [-0.39, 0.29) is 5.56 Å². The largest absolute Gasteiger partial charge is 0.325 e. The number of aromatic nitrogens is 4. The van der Waals surface area contributed by atoms with Crippen molar-refractivity contribution in [2.75, 3.05) is 5.32 Å². The Balaban J connectivity index is 2.28. The van der Waals surface area contributed by atoms with E-state index in [1.165, 1.54) is 0 Å². The number of H-pyrrole nitrogens is 3. The van der Waals surface area contributed by atoms with Crippen LogP contribution >= 0.6 is 0 Å². The highest BCUT2D eigenvalue weighted by Gasteiger charge is 2.13. The van der Waals surface area contributed by atoms with Gasteiger partial charge >= 0.3 is 5.69 Å². The van der Waals surface area contributed by atoms with Gasteiger partial charge in [-0.15, -0.1) is 0 Å². The minimum absolute atomic E-state index is 0.175. The lowest BCUT2D eigenvalue weighted by Gasteiger charge is -2.03. The van der Waals surface area contributed by atoms with Crippen LogP contribution in [0.25, 0.3) is 0 Å². The van der Waals surface area contributed by atoms with Crippen molar-refractivity contribution in [1.29, 1.82) is 0 Å². The monoisotopic (exact) mass is 249 g/mol. The van der Waals surface area contributed by atoms with E-state index in [9.17, 15) is 14.4 Å². The molecule has 0 unspecified atom stereocenters. The Bertz CT molecular complexity index is 681. The van der Waals surface area contributed by atoms with Crippen molar-refractivity contribution in [3.05, 3.63) is 44.4 Å². The van der Waals surface area contributed by atoms with E-state index in [2.05, 4.69) is 20.5 Å². The van der Waals surface area contributed by atoms with Crippen molar-refractivity contribution in [1.82, 2.24) is 20.2 Å². The first-order chi connectivity index (χ1) is 8.61. The average molecular weight is 249 g/mol. The number of nitrogens with zero attached hydrogens (tertiary/aromatic N) is 1. The fourth-order valence-corrected chi connectivity index (χ4v) is 1.45. The number of anilines is 1. The van der Waals surface area contributed by atoms with Crippen molar-refractivity contribution >= 4 is 11.7 Å². The summed E-state index contributed by atoms with van der Waals surface area (Å²) in [7, 11) is 0. The lowest BCUT2D eigenvalue weighted by molar-refractivity contribution is 0.102. The summed E-state index contributed by atoms with van der Waals surface area (Å²) in [5.74, 6) is -0.181. The highest BCUT2D eigenvalue weighted by Crippen LogP contribution is 2.11. The molecule has 18 heavy (non-hydrogen) atoms. The van der Waals surface area contributed by atoms with Crippen LogP contribution in [-0.2, 0) is 6.42 Å². The molecule has 1 amide bonds. The third kappa shape index (κ3) is 2.21. The first kappa shape index (κ1) is 11.8. The SMILES string of the molecule is CCc1cn[nH]c1NC(=O)c1c[nH]c(=O)[nH]c1=O. The molecule has 94 valence electrons. The summed E-state index contributed by atoms with van der Waals surface area (Å²) in [4.78, 5) is 38.2. The molecular weight excluding hydrogens is 238 g/mol. The molecule has 0 radical (unpaired) electrons. The summed E-state index contributed by atoms with van der Waals surface area (Å²) in [6.07, 6.45) is 3.35. The van der Waals surface area contributed by atoms with Crippen LogP contribution in [0.1, 0.15) is 22.8 Å². The summed E-state index contributed by atoms with van der Waals surface area (Å²) in [5, 5.41) is 8.93. The predicted octanol–water partition coefficient (Wildman–Crippen LogP) is -0.399. The van der Waals surface area contributed by atoms with E-state index in [0.29, 0.717) is 12.2 Å². The Morgan fingerprint density at radius 2 is 2.22 bits per heavy atom. The molecule has 2 rings (SSSR count). The fourth-order valence-electron chi connectivity index (χ4n) is 1.45. The topological polar surface area (TPSA) is 123 Å². The standard InChI is InChI=1S/C10H11N5O3/c1-2-5-3-12-15-7(5)13-8(16)6-4-11-10(18)14-9(6)17/h3-4H,2H2,1H3,(H2,11,14,17,18)(H2,12,13,15,16). The van der Waals surface area contributed by atoms with Gasteiger partial charge in [0.25, 0.3) is 11.5 Å². The van der Waals surface area contributed by atoms with E-state index >= 15 is 0 Å². The number of aryl methyl sites for hydroxylation is 1. The van der Waals surface area contributed by atoms with Crippen LogP contribution in [0.2, 0.25) is 0 Å². The fraction of sp³-hybridized carbons (Fsp3) is 0.200. The molecule has 0 saturated heterocycles. The minimum Gasteiger partial charge on any atom is -0.313 e. The molecule has 8 nitrogen and oxygen atoms in total. The van der Waals surface area contributed by atoms with E-state index in [4.69, 9.17) is 0 Å². The molecule has 2 aromatic rings. The molecule has 0 atom stereocenters. The van der Waals surface area contributed by atoms with Gasteiger partial charge in [-0.1, -0.05) is 6.92 Å². The van der Waals surface area contributed by atoms with Crippen molar-refractivity contribution in [3.63, 3.8) is 0 Å². The molecule has 8 heteroatoms. The Hall–Kier alpha value is -2.64. The van der Waals surface area contributed by atoms with Crippen LogP contribution in [-0.4, -0.2) is 26.1 Å². The van der Waals surface area contributed by atoms with Crippen molar-refractivity contribution in [2.45, 2.75) is 13.3 Å². The number of carbonyl (C=O) groups is 1. The Labute approximate surface area is 100 Å². The zero-order valence-corrected chi connectivity index (χ0v) is 9.53. The number of hydrogen-bond acceptors (Lipinski definition) is 4. The van der Waals surface area contributed by atoms with Gasteiger partial charge in [0.05, 0.1) is 6.20 Å². The Morgan fingerprint density at radius 1 is 1.44 bits per heavy atom. The predicted molar refractivity (Wildman–Crippen MR) is 63.6 cm³/mol. The molecule has 4 N–H and O–H groups in total. The maximum absolute atomic E-state index is 11.8. The molecule has 2 aromatic heterocycles. The number of aromatic amines is 3. The number of rotatable bonds is 3. The van der Waals surface area contributed by atoms with Gasteiger partial charge in [0, 0.05) is 11.8 Å². The maximum Gasteiger partial charge on any atom is 0.325 e. The third-order valence-corrected chi connectivity index (χ3v) is 2.40. The minimum atomic E-state index is -0.742. The van der Waals surface area contributed by atoms with Crippen LogP contribution in [0.4, 0.5) is 5.82 Å². The zero-order chi connectivity index (χ0) is 13.1. The lowest BCUT2D eigenvalue weighted by atomic mass is 10.2. The highest BCUT2D eigenvalue weighted by atomic mass is 16.2. The summed E-state index contributed by atoms with van der Waals surface area (Å²) >= 11 is 0. The highest BCUT2D eigenvalue weighted by molar-refractivity contribution is 6.03. The van der Waals surface area contributed by atoms with Gasteiger partial charge in [-0.3, -0.25) is 19.7 Å². The summed E-state index contributed by atoms with van der Waals surface area (Å²) in [6, 6.07) is 0. The molecule has 0 bridgehead atoms. The van der Waals surface area contributed by atoms with Gasteiger partial charge in [-0.05, 0) is 6.42 Å². The molecular formula is C10H11N5O3. The van der Waals surface area contributed by atoms with Crippen LogP contribution in [0.3, 0.4) is 0 Å². The molecule has 0 aromatic carbocycles. The van der Waals surface area contributed by atoms with E-state index in [1.54, 1.807) is 6.20 Å². The Morgan fingerprint density at radius 3 is 2.89 bits per heavy atom. The van der Waals surface area contributed by atoms with Gasteiger partial charge in [0.2, 0.25) is 0 Å². The maximum atomic E-state index is 11.8. The second kappa shape index (κ2) is 4.70. The van der Waals surface area contributed by atoms with Gasteiger partial charge in [-0.25, -0.2) is 4.79 Å². The number of carbonyl (C=O) groups excluding carboxylic acids is 1. The van der Waals surface area contributed by atoms with Crippen LogP contribution in [0, 0.1) is 0 Å². The molecule has 0 fully saturated rings. The smallest absolute Gasteiger partial charge is 0.313 e. The molecule has 0 aliphatic heterocycles. The van der Waals surface area contributed by atoms with E-state index in [0.717, 1.165) is 11.8 Å². The quantitative estimate of drug-likeness (QED) is 0.590. The van der Waals surface area contributed by atoms with Crippen LogP contribution in [0.5, 0.6) is 0 Å². The first-order valence-corrected chi connectivity index (χ1v) is 5.27. The Kier molecular flexibility index (Phi) is 3.09. The summed E-state index contributed by atoms with van der Waals surface area (Å²) in [5.41, 5.74) is -0.753. The number of nitrogens with one attached hydrogen (secondary N) is 4. The summed E-state index contributed by atoms with van der Waals surface area (Å²) in [6.45, 7) is 1.91. The lowest BCUT2D eigenvalue weighted by Crippen LogP contribution is -2.29. The third-order valence-electron chi connectivity index (χ3n) is 2.40. The van der Waals surface area contributed by atoms with Gasteiger partial charge < -0.3 is 10.3 Å². The average Bonchev–Trinajstić information content (AvgIpc) is 2.76. The second-order valence-corrected chi connectivity index (χ2v) is 3.56. The first-order valence-electron chi connectivity index (χ1n) is 5.27. The summed E-state index contributed by atoms with van der Waals surface area (Å²) < 4.78 is 0.